The number of carbonyl (C=O) groups excluding carboxylic acids is 1. The minimum atomic E-state index is -0.970. The lowest BCUT2D eigenvalue weighted by atomic mass is 9.70. The van der Waals surface area contributed by atoms with E-state index in [0.29, 0.717) is 52.8 Å². The lowest BCUT2D eigenvalue weighted by molar-refractivity contribution is -0.138. The van der Waals surface area contributed by atoms with Crippen molar-refractivity contribution in [1.29, 1.82) is 0 Å². The van der Waals surface area contributed by atoms with Gasteiger partial charge in [0.2, 0.25) is 5.91 Å². The monoisotopic (exact) mass is 825 g/mol. The van der Waals surface area contributed by atoms with Crippen molar-refractivity contribution in [2.24, 2.45) is 0 Å². The maximum Gasteiger partial charge on any atom is 0.303 e. The van der Waals surface area contributed by atoms with Crippen molar-refractivity contribution in [3.63, 3.8) is 0 Å². The Labute approximate surface area is 360 Å². The predicted octanol–water partition coefficient (Wildman–Crippen LogP) is 9.88. The fourth-order valence-corrected chi connectivity index (χ4v) is 8.98. The van der Waals surface area contributed by atoms with E-state index in [4.69, 9.17) is 28.8 Å². The Bertz CT molecular complexity index is 2230. The van der Waals surface area contributed by atoms with Crippen LogP contribution in [0.5, 0.6) is 5.75 Å². The molecule has 2 N–H and O–H groups in total. The van der Waals surface area contributed by atoms with Crippen LogP contribution in [0, 0.1) is 0 Å². The van der Waals surface area contributed by atoms with Crippen LogP contribution in [0.4, 0.5) is 0 Å². The normalized spacial score (nSPS) is 13.0. The number of amides is 1. The highest BCUT2D eigenvalue weighted by Crippen LogP contribution is 2.55. The molecule has 0 fully saturated rings. The van der Waals surface area contributed by atoms with Crippen molar-refractivity contribution in [3.8, 4) is 50.3 Å². The standard InChI is InChI=1S/C52H59NO8/c1-57-29-31-59-26-7-23-52(24-8-27-60-32-30-58-2)48-35-39(37-11-16-43(17-12-37)61-28-6-5-25-53-50(54)21-22-51(55)56)14-19-46(48)47-20-15-40(36-49(47)52)38-13-18-45-42(33-38)34-41-9-3-4-10-44(41)45/h3-4,9-20,33,35-36H,5-8,21-32,34H2,1-2H3,(H,53,54)(H,55,56). The average Bonchev–Trinajstić information content (AvgIpc) is 3.79. The number of carboxylic acids is 1. The summed E-state index contributed by atoms with van der Waals surface area (Å²) >= 11 is 0. The molecule has 9 heteroatoms. The molecule has 0 heterocycles. The second-order valence-electron chi connectivity index (χ2n) is 16.0. The molecule has 5 aromatic carbocycles. The second-order valence-corrected chi connectivity index (χ2v) is 16.0. The van der Waals surface area contributed by atoms with Gasteiger partial charge in [-0.2, -0.15) is 0 Å². The van der Waals surface area contributed by atoms with Gasteiger partial charge in [0.05, 0.1) is 39.5 Å². The van der Waals surface area contributed by atoms with Crippen LogP contribution in [0.3, 0.4) is 0 Å². The Morgan fingerprint density at radius 3 is 1.79 bits per heavy atom. The largest absolute Gasteiger partial charge is 0.494 e. The third-order valence-corrected chi connectivity index (χ3v) is 12.1. The number of carbonyl (C=O) groups is 2. The molecule has 0 aromatic heterocycles. The number of rotatable bonds is 25. The molecule has 0 bridgehead atoms. The molecule has 5 aromatic rings. The molecule has 1 amide bonds. The van der Waals surface area contributed by atoms with Crippen molar-refractivity contribution in [2.75, 3.05) is 67.0 Å². The summed E-state index contributed by atoms with van der Waals surface area (Å²) in [5.74, 6) is -0.415. The van der Waals surface area contributed by atoms with Gasteiger partial charge in [-0.05, 0) is 136 Å². The number of ether oxygens (including phenoxy) is 5. The van der Waals surface area contributed by atoms with Crippen molar-refractivity contribution >= 4 is 11.9 Å². The number of carboxylic acid groups (broad SMARTS) is 1. The highest BCUT2D eigenvalue weighted by Gasteiger charge is 2.43. The molecule has 9 nitrogen and oxygen atoms in total. The summed E-state index contributed by atoms with van der Waals surface area (Å²) in [6.07, 6.45) is 5.99. The summed E-state index contributed by atoms with van der Waals surface area (Å²) < 4.78 is 28.7. The van der Waals surface area contributed by atoms with E-state index in [0.717, 1.165) is 61.8 Å². The first kappa shape index (κ1) is 43.8. The Hall–Kier alpha value is -5.32. The molecule has 0 atom stereocenters. The molecule has 7 rings (SSSR count). The van der Waals surface area contributed by atoms with Crippen LogP contribution in [0.2, 0.25) is 0 Å². The van der Waals surface area contributed by atoms with Crippen LogP contribution in [0.25, 0.3) is 44.5 Å². The van der Waals surface area contributed by atoms with E-state index in [-0.39, 0.29) is 24.2 Å². The molecule has 0 unspecified atom stereocenters. The van der Waals surface area contributed by atoms with E-state index in [1.807, 2.05) is 12.1 Å². The first-order valence-electron chi connectivity index (χ1n) is 21.8. The molecule has 0 aliphatic heterocycles. The first-order chi connectivity index (χ1) is 29.9. The number of hydrogen-bond donors (Lipinski definition) is 2. The Balaban J connectivity index is 1.13. The third kappa shape index (κ3) is 10.8. The predicted molar refractivity (Wildman–Crippen MR) is 240 cm³/mol. The molecule has 0 radical (unpaired) electrons. The van der Waals surface area contributed by atoms with Gasteiger partial charge < -0.3 is 34.1 Å². The highest BCUT2D eigenvalue weighted by atomic mass is 16.5. The molecule has 0 saturated heterocycles. The number of fused-ring (bicyclic) bond motifs is 6. The molecule has 0 spiro atoms. The average molecular weight is 826 g/mol. The summed E-state index contributed by atoms with van der Waals surface area (Å²) in [6.45, 7) is 4.65. The van der Waals surface area contributed by atoms with Gasteiger partial charge in [0.1, 0.15) is 5.75 Å². The minimum Gasteiger partial charge on any atom is -0.494 e. The van der Waals surface area contributed by atoms with E-state index in [1.165, 1.54) is 55.6 Å². The van der Waals surface area contributed by atoms with Crippen LogP contribution in [-0.2, 0) is 40.4 Å². The van der Waals surface area contributed by atoms with Crippen molar-refractivity contribution in [2.45, 2.75) is 63.2 Å². The Morgan fingerprint density at radius 1 is 0.574 bits per heavy atom. The van der Waals surface area contributed by atoms with Gasteiger partial charge in [0.15, 0.2) is 0 Å². The van der Waals surface area contributed by atoms with Crippen LogP contribution in [0.15, 0.2) is 103 Å². The fraction of sp³-hybridized carbons (Fsp3) is 0.385. The van der Waals surface area contributed by atoms with Gasteiger partial charge in [-0.15, -0.1) is 0 Å². The van der Waals surface area contributed by atoms with Gasteiger partial charge in [0.25, 0.3) is 0 Å². The Morgan fingerprint density at radius 2 is 1.15 bits per heavy atom. The zero-order chi connectivity index (χ0) is 42.4. The number of unbranched alkanes of at least 4 members (excludes halogenated alkanes) is 1. The van der Waals surface area contributed by atoms with E-state index >= 15 is 0 Å². The van der Waals surface area contributed by atoms with E-state index < -0.39 is 5.97 Å². The molecule has 2 aliphatic rings. The lowest BCUT2D eigenvalue weighted by Crippen LogP contribution is -2.27. The maximum absolute atomic E-state index is 11.8. The van der Waals surface area contributed by atoms with Gasteiger partial charge in [-0.3, -0.25) is 9.59 Å². The summed E-state index contributed by atoms with van der Waals surface area (Å²) in [5, 5.41) is 11.5. The van der Waals surface area contributed by atoms with Crippen molar-refractivity contribution < 1.29 is 38.4 Å². The molecule has 320 valence electrons. The fourth-order valence-electron chi connectivity index (χ4n) is 8.98. The Kier molecular flexibility index (Phi) is 15.4. The molecular formula is C52H59NO8. The summed E-state index contributed by atoms with van der Waals surface area (Å²) in [6, 6.07) is 38.1. The smallest absolute Gasteiger partial charge is 0.303 e. The van der Waals surface area contributed by atoms with E-state index in [1.54, 1.807) is 14.2 Å². The zero-order valence-electron chi connectivity index (χ0n) is 35.6. The number of hydrogen-bond acceptors (Lipinski definition) is 7. The van der Waals surface area contributed by atoms with Gasteiger partial charge in [-0.25, -0.2) is 0 Å². The van der Waals surface area contributed by atoms with Gasteiger partial charge in [-0.1, -0.05) is 78.9 Å². The molecule has 61 heavy (non-hydrogen) atoms. The van der Waals surface area contributed by atoms with Crippen LogP contribution < -0.4 is 10.1 Å². The molecule has 0 saturated carbocycles. The third-order valence-electron chi connectivity index (χ3n) is 12.1. The number of methoxy groups -OCH3 is 2. The van der Waals surface area contributed by atoms with Crippen molar-refractivity contribution in [3.05, 3.63) is 125 Å². The quantitative estimate of drug-likeness (QED) is 0.0549. The van der Waals surface area contributed by atoms with Crippen LogP contribution in [0.1, 0.15) is 73.6 Å². The van der Waals surface area contributed by atoms with Crippen molar-refractivity contribution in [1.82, 2.24) is 5.32 Å². The zero-order valence-corrected chi connectivity index (χ0v) is 35.6. The van der Waals surface area contributed by atoms with Gasteiger partial charge in [0, 0.05) is 45.8 Å². The minimum absolute atomic E-state index is 0.00228. The number of benzene rings is 5. The highest BCUT2D eigenvalue weighted by molar-refractivity contribution is 5.87. The van der Waals surface area contributed by atoms with E-state index in [2.05, 4.69) is 96.3 Å². The maximum atomic E-state index is 11.8. The van der Waals surface area contributed by atoms with Crippen LogP contribution >= 0.6 is 0 Å². The topological polar surface area (TPSA) is 113 Å². The summed E-state index contributed by atoms with van der Waals surface area (Å²) in [7, 11) is 3.41. The SMILES string of the molecule is COCCOCCCC1(CCCOCCOC)c2cc(-c3ccc(OCCCCNC(=O)CCC(=O)O)cc3)ccc2-c2ccc(-c3ccc4c(c3)Cc3ccccc3-4)cc21. The number of nitrogens with one attached hydrogen (secondary N) is 1. The molecular weight excluding hydrogens is 767 g/mol. The first-order valence-corrected chi connectivity index (χ1v) is 21.8. The summed E-state index contributed by atoms with van der Waals surface area (Å²) in [5.41, 5.74) is 15.3. The summed E-state index contributed by atoms with van der Waals surface area (Å²) in [4.78, 5) is 22.5. The van der Waals surface area contributed by atoms with Crippen LogP contribution in [-0.4, -0.2) is 84.0 Å². The molecule has 2 aliphatic carbocycles. The number of aliphatic carboxylic acids is 1. The second kappa shape index (κ2) is 21.5. The van der Waals surface area contributed by atoms with Gasteiger partial charge >= 0.3 is 5.97 Å². The van der Waals surface area contributed by atoms with E-state index in [9.17, 15) is 9.59 Å². The lowest BCUT2D eigenvalue weighted by Gasteiger charge is -2.33.